The van der Waals surface area contributed by atoms with Crippen molar-refractivity contribution < 1.29 is 19.2 Å². The molecule has 0 aromatic heterocycles. The first-order valence-electron chi connectivity index (χ1n) is 10.2. The van der Waals surface area contributed by atoms with Gasteiger partial charge in [0.1, 0.15) is 6.29 Å². The summed E-state index contributed by atoms with van der Waals surface area (Å²) in [5.41, 5.74) is 0.573. The van der Waals surface area contributed by atoms with Gasteiger partial charge in [0.2, 0.25) is 5.91 Å². The smallest absolute Gasteiger partial charge is 0.254 e. The minimum Gasteiger partial charge on any atom is -0.359 e. The lowest BCUT2D eigenvalue weighted by molar-refractivity contribution is -0.121. The molecule has 6 nitrogen and oxygen atoms in total. The van der Waals surface area contributed by atoms with Crippen LogP contribution in [0.4, 0.5) is 0 Å². The Hall–Kier alpha value is -1.67. The highest BCUT2D eigenvalue weighted by molar-refractivity contribution is 9.09. The maximum atomic E-state index is 13.0. The van der Waals surface area contributed by atoms with Crippen LogP contribution in [0.3, 0.4) is 0 Å². The highest BCUT2D eigenvalue weighted by atomic mass is 79.9. The van der Waals surface area contributed by atoms with E-state index in [4.69, 9.17) is 0 Å². The number of amides is 2. The summed E-state index contributed by atoms with van der Waals surface area (Å²) in [6, 6.07) is 4.48. The van der Waals surface area contributed by atoms with Gasteiger partial charge in [0.15, 0.2) is 6.29 Å². The number of aldehydes is 2. The number of thioether (sulfide) groups is 1. The van der Waals surface area contributed by atoms with Gasteiger partial charge in [0.05, 0.1) is 11.6 Å². The van der Waals surface area contributed by atoms with Gasteiger partial charge in [-0.3, -0.25) is 14.4 Å². The summed E-state index contributed by atoms with van der Waals surface area (Å²) in [6.07, 6.45) is 7.60. The fraction of sp³-hybridized carbons (Fsp3) is 0.545. The van der Waals surface area contributed by atoms with E-state index in [0.29, 0.717) is 18.1 Å². The number of likely N-dealkylation sites (N-methyl/N-ethyl adjacent to an activating group) is 1. The molecule has 0 spiro atoms. The normalized spacial score (nSPS) is 11.6. The molecule has 8 heteroatoms. The van der Waals surface area contributed by atoms with E-state index in [1.807, 2.05) is 6.07 Å². The third-order valence-corrected chi connectivity index (χ3v) is 6.49. The molecule has 1 N–H and O–H groups in total. The Morgan fingerprint density at radius 2 is 1.87 bits per heavy atom. The van der Waals surface area contributed by atoms with Crippen LogP contribution in [0.5, 0.6) is 0 Å². The fourth-order valence-corrected chi connectivity index (χ4v) is 4.27. The molecule has 0 radical (unpaired) electrons. The number of hydrogen-bond acceptors (Lipinski definition) is 5. The molecule has 0 heterocycles. The average molecular weight is 499 g/mol. The lowest BCUT2D eigenvalue weighted by Gasteiger charge is -2.24. The number of hydrogen-bond donors (Lipinski definition) is 1. The quantitative estimate of drug-likeness (QED) is 0.170. The molecule has 166 valence electrons. The van der Waals surface area contributed by atoms with Crippen molar-refractivity contribution in [3.63, 3.8) is 0 Å². The molecule has 0 fully saturated rings. The zero-order valence-corrected chi connectivity index (χ0v) is 20.1. The van der Waals surface area contributed by atoms with Gasteiger partial charge in [0.25, 0.3) is 5.91 Å². The van der Waals surface area contributed by atoms with E-state index in [-0.39, 0.29) is 24.3 Å². The number of nitrogens with one attached hydrogen (secondary N) is 1. The number of unbranched alkanes of at least 4 members (excludes halogenated alkanes) is 4. The van der Waals surface area contributed by atoms with Crippen molar-refractivity contribution in [3.05, 3.63) is 29.3 Å². The molecular weight excluding hydrogens is 468 g/mol. The van der Waals surface area contributed by atoms with E-state index in [0.717, 1.165) is 22.4 Å². The maximum absolute atomic E-state index is 13.0. The van der Waals surface area contributed by atoms with Crippen LogP contribution in [-0.4, -0.2) is 60.5 Å². The first-order valence-corrected chi connectivity index (χ1v) is 12.3. The second kappa shape index (κ2) is 15.2. The summed E-state index contributed by atoms with van der Waals surface area (Å²) in [4.78, 5) is 49.6. The van der Waals surface area contributed by atoms with E-state index >= 15 is 0 Å². The molecule has 1 rings (SSSR count). The van der Waals surface area contributed by atoms with Crippen molar-refractivity contribution in [2.75, 3.05) is 25.2 Å². The highest BCUT2D eigenvalue weighted by Crippen LogP contribution is 2.24. The monoisotopic (exact) mass is 498 g/mol. The number of benzene rings is 1. The second-order valence-corrected chi connectivity index (χ2v) is 8.96. The largest absolute Gasteiger partial charge is 0.359 e. The van der Waals surface area contributed by atoms with Crippen molar-refractivity contribution >= 4 is 52.1 Å². The van der Waals surface area contributed by atoms with Gasteiger partial charge < -0.3 is 15.0 Å². The zero-order chi connectivity index (χ0) is 22.4. The van der Waals surface area contributed by atoms with Crippen molar-refractivity contribution in [1.82, 2.24) is 10.2 Å². The Morgan fingerprint density at radius 3 is 2.50 bits per heavy atom. The van der Waals surface area contributed by atoms with Gasteiger partial charge in [-0.05, 0) is 43.2 Å². The molecule has 1 atom stereocenters. The van der Waals surface area contributed by atoms with Gasteiger partial charge in [-0.25, -0.2) is 0 Å². The SMILES string of the molecule is CNC(=O)CCC(C=O)N(C)C(=O)c1cc(SCCCCCCCBr)ccc1C=O. The van der Waals surface area contributed by atoms with Crippen molar-refractivity contribution in [3.8, 4) is 0 Å². The lowest BCUT2D eigenvalue weighted by atomic mass is 10.1. The summed E-state index contributed by atoms with van der Waals surface area (Å²) >= 11 is 5.10. The Bertz CT molecular complexity index is 714. The molecule has 0 aliphatic rings. The first-order chi connectivity index (χ1) is 14.5. The van der Waals surface area contributed by atoms with Gasteiger partial charge in [-0.15, -0.1) is 11.8 Å². The Labute approximate surface area is 191 Å². The second-order valence-electron chi connectivity index (χ2n) is 7.00. The van der Waals surface area contributed by atoms with Crippen molar-refractivity contribution in [1.29, 1.82) is 0 Å². The third-order valence-electron chi connectivity index (χ3n) is 4.85. The summed E-state index contributed by atoms with van der Waals surface area (Å²) in [6.45, 7) is 0. The molecule has 0 aliphatic carbocycles. The maximum Gasteiger partial charge on any atom is 0.254 e. The standard InChI is InChI=1S/C22H31BrN2O4S/c1-24-21(28)11-9-18(16-27)25(2)22(29)20-14-19(10-8-17(20)15-26)30-13-7-5-3-4-6-12-23/h8,10,14-16,18H,3-7,9,11-13H2,1-2H3,(H,24,28). The van der Waals surface area contributed by atoms with E-state index in [9.17, 15) is 19.2 Å². The summed E-state index contributed by atoms with van der Waals surface area (Å²) < 4.78 is 0. The average Bonchev–Trinajstić information content (AvgIpc) is 2.77. The fourth-order valence-electron chi connectivity index (χ4n) is 2.93. The number of alkyl halides is 1. The van der Waals surface area contributed by atoms with Gasteiger partial charge in [0, 0.05) is 36.3 Å². The summed E-state index contributed by atoms with van der Waals surface area (Å²) in [5.74, 6) is 0.353. The predicted molar refractivity (Wildman–Crippen MR) is 125 cm³/mol. The van der Waals surface area contributed by atoms with Gasteiger partial charge in [-0.1, -0.05) is 35.2 Å². The summed E-state index contributed by atoms with van der Waals surface area (Å²) in [7, 11) is 3.04. The third kappa shape index (κ3) is 9.00. The van der Waals surface area contributed by atoms with Crippen LogP contribution < -0.4 is 5.32 Å². The molecule has 0 saturated heterocycles. The molecule has 1 aromatic rings. The van der Waals surface area contributed by atoms with Gasteiger partial charge >= 0.3 is 0 Å². The molecule has 0 aliphatic heterocycles. The molecule has 0 saturated carbocycles. The van der Waals surface area contributed by atoms with Crippen molar-refractivity contribution in [2.45, 2.75) is 55.9 Å². The first kappa shape index (κ1) is 26.4. The highest BCUT2D eigenvalue weighted by Gasteiger charge is 2.23. The van der Waals surface area contributed by atoms with Crippen LogP contribution >= 0.6 is 27.7 Å². The Morgan fingerprint density at radius 1 is 1.17 bits per heavy atom. The molecule has 2 amide bonds. The minimum absolute atomic E-state index is 0.142. The van der Waals surface area contributed by atoms with Gasteiger partial charge in [-0.2, -0.15) is 0 Å². The van der Waals surface area contributed by atoms with E-state index in [1.165, 1.54) is 44.7 Å². The number of halogens is 1. The molecular formula is C22H31BrN2O4S. The lowest BCUT2D eigenvalue weighted by Crippen LogP contribution is -2.39. The molecule has 30 heavy (non-hydrogen) atoms. The van der Waals surface area contributed by atoms with Crippen LogP contribution in [0.25, 0.3) is 0 Å². The predicted octanol–water partition coefficient (Wildman–Crippen LogP) is 4.10. The van der Waals surface area contributed by atoms with E-state index in [1.54, 1.807) is 23.9 Å². The summed E-state index contributed by atoms with van der Waals surface area (Å²) in [5, 5.41) is 3.55. The molecule has 1 unspecified atom stereocenters. The van der Waals surface area contributed by atoms with E-state index < -0.39 is 11.9 Å². The van der Waals surface area contributed by atoms with Crippen LogP contribution in [0.1, 0.15) is 65.7 Å². The number of nitrogens with zero attached hydrogens (tertiary/aromatic N) is 1. The Balaban J connectivity index is 2.76. The van der Waals surface area contributed by atoms with Crippen LogP contribution in [0, 0.1) is 0 Å². The van der Waals surface area contributed by atoms with Crippen LogP contribution in [-0.2, 0) is 9.59 Å². The van der Waals surface area contributed by atoms with Crippen LogP contribution in [0.15, 0.2) is 23.1 Å². The van der Waals surface area contributed by atoms with E-state index in [2.05, 4.69) is 21.2 Å². The molecule has 0 bridgehead atoms. The molecule has 1 aromatic carbocycles. The zero-order valence-electron chi connectivity index (χ0n) is 17.7. The minimum atomic E-state index is -0.731. The Kier molecular flexibility index (Phi) is 13.3. The van der Waals surface area contributed by atoms with Crippen molar-refractivity contribution in [2.24, 2.45) is 0 Å². The number of rotatable bonds is 15. The topological polar surface area (TPSA) is 83.6 Å². The number of carbonyl (C=O) groups is 4. The number of carbonyl (C=O) groups excluding carboxylic acids is 4. The van der Waals surface area contributed by atoms with Crippen LogP contribution in [0.2, 0.25) is 0 Å².